The van der Waals surface area contributed by atoms with Crippen LogP contribution in [0.1, 0.15) is 26.2 Å². The van der Waals surface area contributed by atoms with Crippen LogP contribution in [0.4, 0.5) is 13.2 Å². The quantitative estimate of drug-likeness (QED) is 0.790. The fourth-order valence-corrected chi connectivity index (χ4v) is 1.94. The van der Waals surface area contributed by atoms with E-state index in [1.807, 2.05) is 0 Å². The van der Waals surface area contributed by atoms with E-state index in [0.717, 1.165) is 4.90 Å². The Labute approximate surface area is 102 Å². The molecule has 0 aliphatic carbocycles. The minimum Gasteiger partial charge on any atom is -0.481 e. The van der Waals surface area contributed by atoms with E-state index in [1.54, 1.807) is 0 Å². The molecule has 1 aliphatic rings. The summed E-state index contributed by atoms with van der Waals surface area (Å²) in [5, 5.41) is 8.64. The van der Waals surface area contributed by atoms with Gasteiger partial charge in [-0.25, -0.2) is 0 Å². The molecule has 1 fully saturated rings. The van der Waals surface area contributed by atoms with Gasteiger partial charge in [0.15, 0.2) is 5.54 Å². The van der Waals surface area contributed by atoms with E-state index in [0.29, 0.717) is 19.8 Å². The first-order valence-electron chi connectivity index (χ1n) is 5.46. The van der Waals surface area contributed by atoms with Crippen LogP contribution in [-0.4, -0.2) is 46.2 Å². The molecule has 1 rings (SSSR count). The maximum absolute atomic E-state index is 12.6. The van der Waals surface area contributed by atoms with Crippen LogP contribution in [0, 0.1) is 0 Å². The number of hydrogen-bond donors (Lipinski definition) is 2. The molecule has 0 aromatic rings. The standard InChI is InChI=1S/C10H15F3N2O3/c1-9(14,10(11,12)13)8(18)15-4-2-3-6(15)5-7(16)17/h6H,2-5,14H2,1H3,(H,16,17). The summed E-state index contributed by atoms with van der Waals surface area (Å²) >= 11 is 0. The first kappa shape index (κ1) is 14.7. The van der Waals surface area contributed by atoms with Gasteiger partial charge in [-0.1, -0.05) is 0 Å². The Morgan fingerprint density at radius 1 is 1.44 bits per heavy atom. The second-order valence-electron chi connectivity index (χ2n) is 4.59. The molecule has 0 spiro atoms. The zero-order valence-corrected chi connectivity index (χ0v) is 9.83. The average Bonchev–Trinajstić information content (AvgIpc) is 2.61. The van der Waals surface area contributed by atoms with Gasteiger partial charge in [0.05, 0.1) is 6.42 Å². The van der Waals surface area contributed by atoms with E-state index in [-0.39, 0.29) is 13.0 Å². The van der Waals surface area contributed by atoms with Gasteiger partial charge in [0, 0.05) is 12.6 Å². The number of rotatable bonds is 3. The number of carboxylic acid groups (broad SMARTS) is 1. The van der Waals surface area contributed by atoms with E-state index >= 15 is 0 Å². The number of halogens is 3. The highest BCUT2D eigenvalue weighted by Gasteiger charge is 2.56. The predicted molar refractivity (Wildman–Crippen MR) is 55.6 cm³/mol. The fraction of sp³-hybridized carbons (Fsp3) is 0.800. The number of nitrogens with two attached hydrogens (primary N) is 1. The zero-order chi connectivity index (χ0) is 14.1. The molecule has 1 saturated heterocycles. The van der Waals surface area contributed by atoms with Crippen molar-refractivity contribution in [2.75, 3.05) is 6.54 Å². The monoisotopic (exact) mass is 268 g/mol. The molecule has 5 nitrogen and oxygen atoms in total. The van der Waals surface area contributed by atoms with Crippen LogP contribution in [0.3, 0.4) is 0 Å². The van der Waals surface area contributed by atoms with Gasteiger partial charge in [0.1, 0.15) is 0 Å². The summed E-state index contributed by atoms with van der Waals surface area (Å²) in [7, 11) is 0. The van der Waals surface area contributed by atoms with Gasteiger partial charge < -0.3 is 15.7 Å². The minimum absolute atomic E-state index is 0.111. The van der Waals surface area contributed by atoms with Gasteiger partial charge >= 0.3 is 12.1 Å². The Kier molecular flexibility index (Phi) is 3.89. The Morgan fingerprint density at radius 3 is 2.44 bits per heavy atom. The number of alkyl halides is 3. The van der Waals surface area contributed by atoms with Crippen LogP contribution in [0.25, 0.3) is 0 Å². The highest BCUT2D eigenvalue weighted by atomic mass is 19.4. The third-order valence-electron chi connectivity index (χ3n) is 3.08. The summed E-state index contributed by atoms with van der Waals surface area (Å²) in [6, 6.07) is -0.708. The second-order valence-corrected chi connectivity index (χ2v) is 4.59. The van der Waals surface area contributed by atoms with Gasteiger partial charge in [0.25, 0.3) is 5.91 Å². The number of nitrogens with zero attached hydrogens (tertiary/aromatic N) is 1. The molecular weight excluding hydrogens is 253 g/mol. The van der Waals surface area contributed by atoms with Crippen LogP contribution in [-0.2, 0) is 9.59 Å². The second kappa shape index (κ2) is 4.75. The first-order valence-corrected chi connectivity index (χ1v) is 5.46. The van der Waals surface area contributed by atoms with Crippen LogP contribution >= 0.6 is 0 Å². The normalized spacial score (nSPS) is 23.8. The maximum atomic E-state index is 12.6. The molecule has 1 aliphatic heterocycles. The molecule has 0 saturated carbocycles. The van der Waals surface area contributed by atoms with Gasteiger partial charge in [0.2, 0.25) is 0 Å². The van der Waals surface area contributed by atoms with Crippen molar-refractivity contribution < 1.29 is 27.9 Å². The van der Waals surface area contributed by atoms with Gasteiger partial charge in [-0.2, -0.15) is 13.2 Å². The lowest BCUT2D eigenvalue weighted by Gasteiger charge is -2.33. The number of carbonyl (C=O) groups is 2. The molecule has 1 heterocycles. The minimum atomic E-state index is -4.86. The summed E-state index contributed by atoms with van der Waals surface area (Å²) in [6.07, 6.45) is -4.36. The van der Waals surface area contributed by atoms with Crippen molar-refractivity contribution in [2.24, 2.45) is 5.73 Å². The maximum Gasteiger partial charge on any atom is 0.415 e. The molecule has 0 aromatic heterocycles. The lowest BCUT2D eigenvalue weighted by Crippen LogP contribution is -2.62. The van der Waals surface area contributed by atoms with E-state index in [2.05, 4.69) is 0 Å². The van der Waals surface area contributed by atoms with E-state index in [9.17, 15) is 22.8 Å². The molecule has 2 atom stereocenters. The number of hydrogen-bond acceptors (Lipinski definition) is 3. The molecule has 8 heteroatoms. The van der Waals surface area contributed by atoms with Crippen molar-refractivity contribution >= 4 is 11.9 Å². The van der Waals surface area contributed by atoms with Crippen molar-refractivity contribution in [3.63, 3.8) is 0 Å². The third kappa shape index (κ3) is 2.74. The van der Waals surface area contributed by atoms with Crippen LogP contribution < -0.4 is 5.73 Å². The molecule has 0 radical (unpaired) electrons. The van der Waals surface area contributed by atoms with Crippen molar-refractivity contribution in [3.05, 3.63) is 0 Å². The van der Waals surface area contributed by atoms with E-state index in [4.69, 9.17) is 10.8 Å². The van der Waals surface area contributed by atoms with Crippen molar-refractivity contribution in [2.45, 2.75) is 43.9 Å². The number of aliphatic carboxylic acids is 1. The molecular formula is C10H15F3N2O3. The molecule has 18 heavy (non-hydrogen) atoms. The molecule has 0 bridgehead atoms. The van der Waals surface area contributed by atoms with Crippen molar-refractivity contribution in [1.82, 2.24) is 4.90 Å². The van der Waals surface area contributed by atoms with Gasteiger partial charge in [-0.15, -0.1) is 0 Å². The highest BCUT2D eigenvalue weighted by Crippen LogP contribution is 2.32. The molecule has 1 amide bonds. The Bertz CT molecular complexity index is 355. The Morgan fingerprint density at radius 2 is 2.00 bits per heavy atom. The third-order valence-corrected chi connectivity index (χ3v) is 3.08. The summed E-state index contributed by atoms with van der Waals surface area (Å²) in [5.74, 6) is -2.41. The largest absolute Gasteiger partial charge is 0.481 e. The number of carbonyl (C=O) groups excluding carboxylic acids is 1. The van der Waals surface area contributed by atoms with E-state index in [1.165, 1.54) is 0 Å². The summed E-state index contributed by atoms with van der Waals surface area (Å²) in [6.45, 7) is 0.713. The van der Waals surface area contributed by atoms with Crippen LogP contribution in [0.2, 0.25) is 0 Å². The topological polar surface area (TPSA) is 83.6 Å². The van der Waals surface area contributed by atoms with E-state index < -0.39 is 29.6 Å². The van der Waals surface area contributed by atoms with Crippen molar-refractivity contribution in [3.8, 4) is 0 Å². The zero-order valence-electron chi connectivity index (χ0n) is 9.83. The SMILES string of the molecule is CC(N)(C(=O)N1CCCC1CC(=O)O)C(F)(F)F. The lowest BCUT2D eigenvalue weighted by molar-refractivity contribution is -0.194. The average molecular weight is 268 g/mol. The summed E-state index contributed by atoms with van der Waals surface area (Å²) < 4.78 is 37.9. The smallest absolute Gasteiger partial charge is 0.415 e. The number of carboxylic acids is 1. The molecule has 0 aromatic carbocycles. The van der Waals surface area contributed by atoms with Crippen LogP contribution in [0.5, 0.6) is 0 Å². The summed E-state index contributed by atoms with van der Waals surface area (Å²) in [4.78, 5) is 23.3. The molecule has 2 unspecified atom stereocenters. The fourth-order valence-electron chi connectivity index (χ4n) is 1.94. The highest BCUT2D eigenvalue weighted by molar-refractivity contribution is 5.87. The van der Waals surface area contributed by atoms with Gasteiger partial charge in [-0.3, -0.25) is 9.59 Å². The van der Waals surface area contributed by atoms with Gasteiger partial charge in [-0.05, 0) is 19.8 Å². The molecule has 104 valence electrons. The Hall–Kier alpha value is -1.31. The molecule has 3 N–H and O–H groups in total. The first-order chi connectivity index (χ1) is 8.07. The summed E-state index contributed by atoms with van der Waals surface area (Å²) in [5.41, 5.74) is 2.07. The Balaban J connectivity index is 2.86. The van der Waals surface area contributed by atoms with Crippen molar-refractivity contribution in [1.29, 1.82) is 0 Å². The predicted octanol–water partition coefficient (Wildman–Crippen LogP) is 0.732. The lowest BCUT2D eigenvalue weighted by atomic mass is 10.00. The number of amides is 1. The van der Waals surface area contributed by atoms with Crippen LogP contribution in [0.15, 0.2) is 0 Å². The number of likely N-dealkylation sites (tertiary alicyclic amines) is 1.